The maximum absolute atomic E-state index is 5.60. The molecule has 1 aliphatic rings. The van der Waals surface area contributed by atoms with Crippen LogP contribution in [0.2, 0.25) is 0 Å². The SMILES string of the molecule is COC(CNCC1CNNC1C(C)(C)C)c1ccccc1.Cl. The minimum Gasteiger partial charge on any atom is -0.375 e. The molecule has 0 saturated carbocycles. The summed E-state index contributed by atoms with van der Waals surface area (Å²) in [5, 5.41) is 3.57. The first-order chi connectivity index (χ1) is 10.0. The van der Waals surface area contributed by atoms with E-state index in [0.717, 1.165) is 19.6 Å². The van der Waals surface area contributed by atoms with E-state index in [1.807, 2.05) is 6.07 Å². The van der Waals surface area contributed by atoms with Crippen molar-refractivity contribution < 1.29 is 4.74 Å². The molecular weight excluding hydrogens is 298 g/mol. The number of hydrazine groups is 1. The predicted octanol–water partition coefficient (Wildman–Crippen LogP) is 2.52. The number of nitrogens with one attached hydrogen (secondary N) is 3. The van der Waals surface area contributed by atoms with Gasteiger partial charge < -0.3 is 10.1 Å². The maximum Gasteiger partial charge on any atom is 0.0945 e. The molecule has 5 heteroatoms. The summed E-state index contributed by atoms with van der Waals surface area (Å²) in [4.78, 5) is 0. The molecule has 1 aromatic rings. The lowest BCUT2D eigenvalue weighted by Crippen LogP contribution is -2.44. The molecule has 0 aliphatic carbocycles. The molecular formula is C17H30ClN3O. The second-order valence-corrected chi connectivity index (χ2v) is 6.92. The van der Waals surface area contributed by atoms with E-state index in [1.165, 1.54) is 5.56 Å². The summed E-state index contributed by atoms with van der Waals surface area (Å²) in [7, 11) is 1.77. The van der Waals surface area contributed by atoms with Crippen molar-refractivity contribution >= 4 is 12.4 Å². The molecule has 0 radical (unpaired) electrons. The normalized spacial score (nSPS) is 23.1. The first-order valence-corrected chi connectivity index (χ1v) is 7.79. The number of ether oxygens (including phenoxy) is 1. The Bertz CT molecular complexity index is 422. The van der Waals surface area contributed by atoms with E-state index in [2.05, 4.69) is 61.2 Å². The topological polar surface area (TPSA) is 45.3 Å². The minimum atomic E-state index is 0. The number of rotatable bonds is 6. The number of halogens is 1. The van der Waals surface area contributed by atoms with Gasteiger partial charge in [-0.25, -0.2) is 0 Å². The smallest absolute Gasteiger partial charge is 0.0945 e. The molecule has 0 spiro atoms. The van der Waals surface area contributed by atoms with Gasteiger partial charge in [-0.15, -0.1) is 12.4 Å². The second-order valence-electron chi connectivity index (χ2n) is 6.92. The molecule has 0 aromatic heterocycles. The fraction of sp³-hybridized carbons (Fsp3) is 0.647. The first-order valence-electron chi connectivity index (χ1n) is 7.79. The van der Waals surface area contributed by atoms with Crippen molar-refractivity contribution in [2.45, 2.75) is 32.9 Å². The zero-order valence-electron chi connectivity index (χ0n) is 14.1. The lowest BCUT2D eigenvalue weighted by atomic mass is 9.80. The van der Waals surface area contributed by atoms with E-state index in [-0.39, 0.29) is 23.9 Å². The molecule has 4 nitrogen and oxygen atoms in total. The van der Waals surface area contributed by atoms with Gasteiger partial charge in [0.2, 0.25) is 0 Å². The first kappa shape index (κ1) is 19.4. The fourth-order valence-electron chi connectivity index (χ4n) is 3.05. The molecule has 3 N–H and O–H groups in total. The third-order valence-corrected chi connectivity index (χ3v) is 4.22. The van der Waals surface area contributed by atoms with Crippen LogP contribution >= 0.6 is 12.4 Å². The summed E-state index contributed by atoms with van der Waals surface area (Å²) in [5.41, 5.74) is 8.19. The van der Waals surface area contributed by atoms with Crippen LogP contribution in [0.15, 0.2) is 30.3 Å². The highest BCUT2D eigenvalue weighted by molar-refractivity contribution is 5.85. The van der Waals surface area contributed by atoms with Gasteiger partial charge in [-0.3, -0.25) is 10.9 Å². The largest absolute Gasteiger partial charge is 0.375 e. The monoisotopic (exact) mass is 327 g/mol. The number of hydrogen-bond acceptors (Lipinski definition) is 4. The van der Waals surface area contributed by atoms with Crippen LogP contribution in [0.4, 0.5) is 0 Å². The zero-order chi connectivity index (χ0) is 15.3. The van der Waals surface area contributed by atoms with Crippen LogP contribution in [0.1, 0.15) is 32.4 Å². The molecule has 0 bridgehead atoms. The third-order valence-electron chi connectivity index (χ3n) is 4.22. The Hall–Kier alpha value is -0.650. The van der Waals surface area contributed by atoms with E-state index in [9.17, 15) is 0 Å². The Morgan fingerprint density at radius 2 is 1.95 bits per heavy atom. The Morgan fingerprint density at radius 3 is 2.55 bits per heavy atom. The molecule has 1 fully saturated rings. The van der Waals surface area contributed by atoms with Crippen LogP contribution in [0.3, 0.4) is 0 Å². The van der Waals surface area contributed by atoms with Gasteiger partial charge >= 0.3 is 0 Å². The van der Waals surface area contributed by atoms with Crippen molar-refractivity contribution in [2.75, 3.05) is 26.7 Å². The molecule has 1 aromatic carbocycles. The minimum absolute atomic E-state index is 0. The van der Waals surface area contributed by atoms with Crippen molar-refractivity contribution in [1.82, 2.24) is 16.2 Å². The summed E-state index contributed by atoms with van der Waals surface area (Å²) in [6, 6.07) is 10.9. The number of benzene rings is 1. The molecule has 0 amide bonds. The van der Waals surface area contributed by atoms with Gasteiger partial charge in [0.1, 0.15) is 0 Å². The molecule has 1 heterocycles. The van der Waals surface area contributed by atoms with Crippen molar-refractivity contribution in [3.63, 3.8) is 0 Å². The van der Waals surface area contributed by atoms with Gasteiger partial charge in [0.05, 0.1) is 6.10 Å². The highest BCUT2D eigenvalue weighted by Gasteiger charge is 2.35. The Labute approximate surface area is 140 Å². The van der Waals surface area contributed by atoms with Gasteiger partial charge in [-0.05, 0) is 11.0 Å². The van der Waals surface area contributed by atoms with E-state index in [4.69, 9.17) is 4.74 Å². The van der Waals surface area contributed by atoms with E-state index in [0.29, 0.717) is 12.0 Å². The lowest BCUT2D eigenvalue weighted by molar-refractivity contribution is 0.100. The van der Waals surface area contributed by atoms with Crippen LogP contribution in [-0.4, -0.2) is 32.8 Å². The van der Waals surface area contributed by atoms with Crippen molar-refractivity contribution in [2.24, 2.45) is 11.3 Å². The molecule has 1 saturated heterocycles. The average molecular weight is 328 g/mol. The van der Waals surface area contributed by atoms with Crippen molar-refractivity contribution in [1.29, 1.82) is 0 Å². The predicted molar refractivity (Wildman–Crippen MR) is 94.2 cm³/mol. The second kappa shape index (κ2) is 8.85. The van der Waals surface area contributed by atoms with E-state index in [1.54, 1.807) is 7.11 Å². The van der Waals surface area contributed by atoms with Crippen LogP contribution < -0.4 is 16.2 Å². The Balaban J connectivity index is 0.00000242. The van der Waals surface area contributed by atoms with Crippen molar-refractivity contribution in [3.8, 4) is 0 Å². The van der Waals surface area contributed by atoms with Gasteiger partial charge in [-0.2, -0.15) is 0 Å². The van der Waals surface area contributed by atoms with Crippen LogP contribution in [0.5, 0.6) is 0 Å². The molecule has 1 aliphatic heterocycles. The summed E-state index contributed by atoms with van der Waals surface area (Å²) in [5.74, 6) is 0.596. The summed E-state index contributed by atoms with van der Waals surface area (Å²) in [6.45, 7) is 9.70. The average Bonchev–Trinajstić information content (AvgIpc) is 2.93. The lowest BCUT2D eigenvalue weighted by Gasteiger charge is -2.31. The highest BCUT2D eigenvalue weighted by atomic mass is 35.5. The number of hydrogen-bond donors (Lipinski definition) is 3. The van der Waals surface area contributed by atoms with Crippen LogP contribution in [0.25, 0.3) is 0 Å². The van der Waals surface area contributed by atoms with Crippen LogP contribution in [-0.2, 0) is 4.74 Å². The molecule has 2 rings (SSSR count). The highest BCUT2D eigenvalue weighted by Crippen LogP contribution is 2.27. The molecule has 126 valence electrons. The summed E-state index contributed by atoms with van der Waals surface area (Å²) < 4.78 is 5.60. The van der Waals surface area contributed by atoms with E-state index < -0.39 is 0 Å². The van der Waals surface area contributed by atoms with Gasteiger partial charge in [0.25, 0.3) is 0 Å². The zero-order valence-corrected chi connectivity index (χ0v) is 14.9. The van der Waals surface area contributed by atoms with Crippen LogP contribution in [0, 0.1) is 11.3 Å². The fourth-order valence-corrected chi connectivity index (χ4v) is 3.05. The Kier molecular flexibility index (Phi) is 7.80. The summed E-state index contributed by atoms with van der Waals surface area (Å²) in [6.07, 6.45) is 0.113. The molecule has 22 heavy (non-hydrogen) atoms. The molecule has 3 unspecified atom stereocenters. The third kappa shape index (κ3) is 5.21. The van der Waals surface area contributed by atoms with Gasteiger partial charge in [0, 0.05) is 38.7 Å². The van der Waals surface area contributed by atoms with Gasteiger partial charge in [-0.1, -0.05) is 51.1 Å². The maximum atomic E-state index is 5.60. The van der Waals surface area contributed by atoms with E-state index >= 15 is 0 Å². The number of methoxy groups -OCH3 is 1. The Morgan fingerprint density at radius 1 is 1.27 bits per heavy atom. The molecule has 3 atom stereocenters. The van der Waals surface area contributed by atoms with Gasteiger partial charge in [0.15, 0.2) is 0 Å². The summed E-state index contributed by atoms with van der Waals surface area (Å²) >= 11 is 0. The standard InChI is InChI=1S/C17H29N3O.ClH/c1-17(2,3)16-14(11-19-20-16)10-18-12-15(21-4)13-8-6-5-7-9-13;/h5-9,14-16,18-20H,10-12H2,1-4H3;1H. The van der Waals surface area contributed by atoms with Crippen molar-refractivity contribution in [3.05, 3.63) is 35.9 Å². The quantitative estimate of drug-likeness (QED) is 0.751.